The number of carbonyl (C=O) groups is 1. The summed E-state index contributed by atoms with van der Waals surface area (Å²) < 4.78 is 5.58. The van der Waals surface area contributed by atoms with E-state index in [1.807, 2.05) is 11.8 Å². The summed E-state index contributed by atoms with van der Waals surface area (Å²) in [5, 5.41) is 3.38. The summed E-state index contributed by atoms with van der Waals surface area (Å²) in [5.41, 5.74) is -0.00662. The lowest BCUT2D eigenvalue weighted by atomic mass is 9.80. The van der Waals surface area contributed by atoms with Gasteiger partial charge in [0.2, 0.25) is 5.91 Å². The molecule has 19 heavy (non-hydrogen) atoms. The van der Waals surface area contributed by atoms with Crippen molar-refractivity contribution < 1.29 is 9.53 Å². The minimum Gasteiger partial charge on any atom is -0.377 e. The molecule has 0 aromatic carbocycles. The van der Waals surface area contributed by atoms with Crippen molar-refractivity contribution in [1.29, 1.82) is 0 Å². The van der Waals surface area contributed by atoms with Crippen LogP contribution in [0.2, 0.25) is 0 Å². The Balaban J connectivity index is 1.78. The molecule has 1 aliphatic heterocycles. The Labute approximate surface area is 116 Å². The van der Waals surface area contributed by atoms with E-state index in [4.69, 9.17) is 4.74 Å². The topological polar surface area (TPSA) is 41.6 Å². The molecule has 1 atom stereocenters. The number of likely N-dealkylation sites (tertiary alicyclic amines) is 1. The Kier molecular flexibility index (Phi) is 5.22. The first kappa shape index (κ1) is 14.8. The number of carbonyl (C=O) groups excluding carboxylic acids is 1. The number of hydrogen-bond acceptors (Lipinski definition) is 3. The van der Waals surface area contributed by atoms with Gasteiger partial charge in [0.25, 0.3) is 0 Å². The zero-order valence-electron chi connectivity index (χ0n) is 12.4. The zero-order valence-corrected chi connectivity index (χ0v) is 12.4. The summed E-state index contributed by atoms with van der Waals surface area (Å²) in [6.07, 6.45) is 8.30. The Morgan fingerprint density at radius 3 is 2.32 bits per heavy atom. The Hall–Kier alpha value is -0.610. The lowest BCUT2D eigenvalue weighted by Crippen LogP contribution is -2.53. The van der Waals surface area contributed by atoms with Crippen molar-refractivity contribution >= 4 is 5.91 Å². The van der Waals surface area contributed by atoms with Gasteiger partial charge in [-0.2, -0.15) is 0 Å². The van der Waals surface area contributed by atoms with Crippen LogP contribution in [0.4, 0.5) is 0 Å². The molecular formula is C15H28N2O2. The number of amides is 1. The predicted octanol–water partition coefficient (Wildman–Crippen LogP) is 1.94. The third kappa shape index (κ3) is 3.69. The van der Waals surface area contributed by atoms with Gasteiger partial charge in [-0.05, 0) is 39.0 Å². The molecule has 2 aliphatic rings. The minimum atomic E-state index is -0.0919. The lowest BCUT2D eigenvalue weighted by molar-refractivity contribution is -0.133. The van der Waals surface area contributed by atoms with Crippen LogP contribution >= 0.6 is 0 Å². The van der Waals surface area contributed by atoms with Crippen LogP contribution in [0.25, 0.3) is 0 Å². The van der Waals surface area contributed by atoms with Crippen LogP contribution in [0.5, 0.6) is 0 Å². The van der Waals surface area contributed by atoms with Crippen LogP contribution < -0.4 is 5.32 Å². The molecule has 1 saturated heterocycles. The lowest BCUT2D eigenvalue weighted by Gasteiger charge is -2.41. The number of hydrogen-bond donors (Lipinski definition) is 1. The van der Waals surface area contributed by atoms with E-state index in [0.29, 0.717) is 0 Å². The highest BCUT2D eigenvalue weighted by Gasteiger charge is 2.37. The maximum absolute atomic E-state index is 12.4. The Morgan fingerprint density at radius 1 is 1.21 bits per heavy atom. The molecule has 4 nitrogen and oxygen atoms in total. The fourth-order valence-electron chi connectivity index (χ4n) is 3.02. The largest absolute Gasteiger partial charge is 0.377 e. The van der Waals surface area contributed by atoms with E-state index in [-0.39, 0.29) is 17.6 Å². The first-order valence-electron chi connectivity index (χ1n) is 7.74. The first-order chi connectivity index (χ1) is 9.17. The average Bonchev–Trinajstić information content (AvgIpc) is 2.65. The summed E-state index contributed by atoms with van der Waals surface area (Å²) in [4.78, 5) is 14.4. The molecule has 0 aromatic heterocycles. The monoisotopic (exact) mass is 268 g/mol. The molecule has 1 amide bonds. The van der Waals surface area contributed by atoms with E-state index in [0.717, 1.165) is 45.3 Å². The normalized spacial score (nSPS) is 24.4. The highest BCUT2D eigenvalue weighted by Crippen LogP contribution is 2.34. The maximum Gasteiger partial charge on any atom is 0.239 e. The van der Waals surface area contributed by atoms with Crippen LogP contribution in [0.15, 0.2) is 0 Å². The van der Waals surface area contributed by atoms with Gasteiger partial charge in [-0.15, -0.1) is 0 Å². The van der Waals surface area contributed by atoms with E-state index in [9.17, 15) is 4.79 Å². The van der Waals surface area contributed by atoms with E-state index in [1.54, 1.807) is 7.11 Å². The van der Waals surface area contributed by atoms with Gasteiger partial charge in [-0.3, -0.25) is 4.79 Å². The maximum atomic E-state index is 12.4. The van der Waals surface area contributed by atoms with Gasteiger partial charge in [0.05, 0.1) is 11.6 Å². The van der Waals surface area contributed by atoms with Gasteiger partial charge in [-0.25, -0.2) is 0 Å². The second-order valence-electron chi connectivity index (χ2n) is 6.08. The molecule has 2 fully saturated rings. The average molecular weight is 268 g/mol. The predicted molar refractivity (Wildman–Crippen MR) is 76.1 cm³/mol. The molecule has 1 aliphatic carbocycles. The minimum absolute atomic E-state index is 0.00662. The van der Waals surface area contributed by atoms with Gasteiger partial charge >= 0.3 is 0 Å². The van der Waals surface area contributed by atoms with Gasteiger partial charge < -0.3 is 15.0 Å². The first-order valence-corrected chi connectivity index (χ1v) is 7.74. The smallest absolute Gasteiger partial charge is 0.239 e. The van der Waals surface area contributed by atoms with Crippen molar-refractivity contribution in [3.05, 3.63) is 0 Å². The van der Waals surface area contributed by atoms with E-state index >= 15 is 0 Å². The van der Waals surface area contributed by atoms with Gasteiger partial charge in [0.15, 0.2) is 0 Å². The third-order valence-electron chi connectivity index (χ3n) is 4.72. The fraction of sp³-hybridized carbons (Fsp3) is 0.933. The molecule has 0 radical (unpaired) electrons. The van der Waals surface area contributed by atoms with Crippen LogP contribution in [0.1, 0.15) is 51.9 Å². The highest BCUT2D eigenvalue weighted by atomic mass is 16.5. The molecule has 1 N–H and O–H groups in total. The summed E-state index contributed by atoms with van der Waals surface area (Å²) in [6, 6.07) is -0.0919. The van der Waals surface area contributed by atoms with Gasteiger partial charge in [-0.1, -0.05) is 12.8 Å². The number of nitrogens with zero attached hydrogens (tertiary/aromatic N) is 1. The van der Waals surface area contributed by atoms with Gasteiger partial charge in [0.1, 0.15) is 0 Å². The number of ether oxygens (including phenoxy) is 1. The molecule has 2 rings (SSSR count). The second-order valence-corrected chi connectivity index (χ2v) is 6.08. The number of methoxy groups -OCH3 is 1. The highest BCUT2D eigenvalue weighted by molar-refractivity contribution is 5.81. The summed E-state index contributed by atoms with van der Waals surface area (Å²) in [7, 11) is 1.78. The van der Waals surface area contributed by atoms with Crippen molar-refractivity contribution in [1.82, 2.24) is 10.2 Å². The SMILES string of the molecule is COC1(CNC(C)C(=O)N2CCCCCC2)CCC1. The van der Waals surface area contributed by atoms with Crippen LogP contribution in [-0.4, -0.2) is 49.2 Å². The van der Waals surface area contributed by atoms with Crippen molar-refractivity contribution in [2.75, 3.05) is 26.7 Å². The van der Waals surface area contributed by atoms with Crippen molar-refractivity contribution in [2.24, 2.45) is 0 Å². The van der Waals surface area contributed by atoms with E-state index in [1.165, 1.54) is 19.3 Å². The van der Waals surface area contributed by atoms with Crippen LogP contribution in [0, 0.1) is 0 Å². The fourth-order valence-corrected chi connectivity index (χ4v) is 3.02. The number of nitrogens with one attached hydrogen (secondary N) is 1. The Morgan fingerprint density at radius 2 is 1.84 bits per heavy atom. The molecule has 1 saturated carbocycles. The quantitative estimate of drug-likeness (QED) is 0.828. The summed E-state index contributed by atoms with van der Waals surface area (Å²) >= 11 is 0. The summed E-state index contributed by atoms with van der Waals surface area (Å²) in [5.74, 6) is 0.257. The van der Waals surface area contributed by atoms with Crippen molar-refractivity contribution in [2.45, 2.75) is 63.5 Å². The van der Waals surface area contributed by atoms with Crippen molar-refractivity contribution in [3.63, 3.8) is 0 Å². The second kappa shape index (κ2) is 6.71. The molecule has 1 heterocycles. The van der Waals surface area contributed by atoms with E-state index < -0.39 is 0 Å². The zero-order chi connectivity index (χ0) is 13.7. The summed E-state index contributed by atoms with van der Waals surface area (Å²) in [6.45, 7) is 4.64. The molecule has 4 heteroatoms. The third-order valence-corrected chi connectivity index (χ3v) is 4.72. The van der Waals surface area contributed by atoms with Crippen LogP contribution in [-0.2, 0) is 9.53 Å². The standard InChI is InChI=1S/C15H28N2O2/c1-13(16-12-15(19-2)8-7-9-15)14(18)17-10-5-3-4-6-11-17/h13,16H,3-12H2,1-2H3. The molecule has 0 spiro atoms. The Bertz CT molecular complexity index is 289. The number of rotatable bonds is 5. The molecule has 0 aromatic rings. The molecule has 110 valence electrons. The van der Waals surface area contributed by atoms with Crippen molar-refractivity contribution in [3.8, 4) is 0 Å². The molecule has 0 bridgehead atoms. The molecule has 1 unspecified atom stereocenters. The van der Waals surface area contributed by atoms with Gasteiger partial charge in [0, 0.05) is 26.7 Å². The van der Waals surface area contributed by atoms with Crippen LogP contribution in [0.3, 0.4) is 0 Å². The van der Waals surface area contributed by atoms with E-state index in [2.05, 4.69) is 5.32 Å². The molecular weight excluding hydrogens is 240 g/mol.